The Morgan fingerprint density at radius 2 is 1.95 bits per heavy atom. The van der Waals surface area contributed by atoms with Crippen molar-refractivity contribution in [3.8, 4) is 5.82 Å². The summed E-state index contributed by atoms with van der Waals surface area (Å²) >= 11 is 0. The molecule has 1 fully saturated rings. The Balaban J connectivity index is 2.14. The van der Waals surface area contributed by atoms with E-state index in [1.54, 1.807) is 12.4 Å². The summed E-state index contributed by atoms with van der Waals surface area (Å²) in [5.41, 5.74) is -0.0672. The Bertz CT molecular complexity index is 591. The molecular weight excluding hydrogens is 248 g/mol. The summed E-state index contributed by atoms with van der Waals surface area (Å²) in [7, 11) is 0. The van der Waals surface area contributed by atoms with Crippen molar-refractivity contribution in [2.24, 2.45) is 0 Å². The smallest absolute Gasteiger partial charge is 0.351 e. The van der Waals surface area contributed by atoms with E-state index in [0.29, 0.717) is 5.82 Å². The van der Waals surface area contributed by atoms with Gasteiger partial charge in [0, 0.05) is 25.5 Å². The van der Waals surface area contributed by atoms with Crippen LogP contribution in [-0.4, -0.2) is 37.5 Å². The van der Waals surface area contributed by atoms with E-state index in [4.69, 9.17) is 0 Å². The highest BCUT2D eigenvalue weighted by atomic mass is 16.6. The zero-order valence-corrected chi connectivity index (χ0v) is 10.1. The summed E-state index contributed by atoms with van der Waals surface area (Å²) in [5, 5.41) is 11.4. The maximum Gasteiger partial charge on any atom is 0.354 e. The SMILES string of the molecule is O=[N+]([O-])c1c(N2CCCC2)ncnc1-n1ccnc1. The number of imidazole rings is 1. The third-order valence-corrected chi connectivity index (χ3v) is 3.12. The van der Waals surface area contributed by atoms with Crippen molar-refractivity contribution >= 4 is 11.5 Å². The largest absolute Gasteiger partial charge is 0.354 e. The summed E-state index contributed by atoms with van der Waals surface area (Å²) in [6.45, 7) is 1.59. The van der Waals surface area contributed by atoms with E-state index in [2.05, 4.69) is 15.0 Å². The number of hydrogen-bond donors (Lipinski definition) is 0. The lowest BCUT2D eigenvalue weighted by atomic mass is 10.4. The molecule has 0 aromatic carbocycles. The maximum absolute atomic E-state index is 11.4. The topological polar surface area (TPSA) is 90.0 Å². The third-order valence-electron chi connectivity index (χ3n) is 3.12. The standard InChI is InChI=1S/C11H12N6O2/c18-17(19)9-10(15-4-1-2-5-15)13-7-14-11(9)16-6-3-12-8-16/h3,6-8H,1-2,4-5H2. The van der Waals surface area contributed by atoms with Gasteiger partial charge in [-0.25, -0.2) is 15.0 Å². The first-order chi connectivity index (χ1) is 9.27. The van der Waals surface area contributed by atoms with Crippen LogP contribution in [0.15, 0.2) is 25.0 Å². The Hall–Kier alpha value is -2.51. The second-order valence-electron chi connectivity index (χ2n) is 4.29. The summed E-state index contributed by atoms with van der Waals surface area (Å²) < 4.78 is 1.53. The van der Waals surface area contributed by atoms with E-state index in [9.17, 15) is 10.1 Å². The van der Waals surface area contributed by atoms with Gasteiger partial charge in [-0.05, 0) is 12.8 Å². The van der Waals surface area contributed by atoms with Crippen LogP contribution in [0.2, 0.25) is 0 Å². The summed E-state index contributed by atoms with van der Waals surface area (Å²) in [4.78, 5) is 24.9. The number of anilines is 1. The second-order valence-corrected chi connectivity index (χ2v) is 4.29. The first-order valence-corrected chi connectivity index (χ1v) is 6.00. The molecule has 0 N–H and O–H groups in total. The van der Waals surface area contributed by atoms with Gasteiger partial charge in [-0.3, -0.25) is 14.7 Å². The van der Waals surface area contributed by atoms with Crippen LogP contribution in [0.3, 0.4) is 0 Å². The van der Waals surface area contributed by atoms with Crippen molar-refractivity contribution in [1.82, 2.24) is 19.5 Å². The number of nitrogens with zero attached hydrogens (tertiary/aromatic N) is 6. The molecule has 0 spiro atoms. The highest BCUT2D eigenvalue weighted by molar-refractivity contribution is 5.65. The fourth-order valence-corrected chi connectivity index (χ4v) is 2.26. The number of nitro groups is 1. The lowest BCUT2D eigenvalue weighted by Gasteiger charge is -2.16. The second kappa shape index (κ2) is 4.63. The van der Waals surface area contributed by atoms with Gasteiger partial charge in [-0.2, -0.15) is 0 Å². The molecule has 1 saturated heterocycles. The monoisotopic (exact) mass is 260 g/mol. The van der Waals surface area contributed by atoms with Crippen molar-refractivity contribution in [2.45, 2.75) is 12.8 Å². The van der Waals surface area contributed by atoms with E-state index in [0.717, 1.165) is 25.9 Å². The molecule has 0 amide bonds. The molecule has 0 saturated carbocycles. The van der Waals surface area contributed by atoms with Crippen LogP contribution in [-0.2, 0) is 0 Å². The first kappa shape index (κ1) is 11.6. The van der Waals surface area contributed by atoms with Crippen molar-refractivity contribution < 1.29 is 4.92 Å². The van der Waals surface area contributed by atoms with E-state index in [1.165, 1.54) is 17.2 Å². The predicted octanol–water partition coefficient (Wildman–Crippen LogP) is 1.17. The van der Waals surface area contributed by atoms with Gasteiger partial charge in [0.2, 0.25) is 11.6 Å². The molecule has 3 rings (SSSR count). The van der Waals surface area contributed by atoms with Crippen molar-refractivity contribution in [1.29, 1.82) is 0 Å². The molecule has 0 atom stereocenters. The van der Waals surface area contributed by atoms with Crippen LogP contribution < -0.4 is 4.90 Å². The molecule has 0 unspecified atom stereocenters. The zero-order valence-electron chi connectivity index (χ0n) is 10.1. The molecule has 2 aromatic heterocycles. The van der Waals surface area contributed by atoms with Gasteiger partial charge in [0.1, 0.15) is 12.7 Å². The van der Waals surface area contributed by atoms with Crippen LogP contribution in [0.1, 0.15) is 12.8 Å². The fraction of sp³-hybridized carbons (Fsp3) is 0.364. The molecule has 1 aliphatic heterocycles. The van der Waals surface area contributed by atoms with Crippen LogP contribution in [0.25, 0.3) is 5.82 Å². The maximum atomic E-state index is 11.4. The van der Waals surface area contributed by atoms with Gasteiger partial charge in [0.05, 0.1) is 4.92 Å². The molecule has 0 radical (unpaired) electrons. The molecule has 0 aliphatic carbocycles. The van der Waals surface area contributed by atoms with Gasteiger partial charge >= 0.3 is 5.69 Å². The van der Waals surface area contributed by atoms with Gasteiger partial charge in [-0.1, -0.05) is 0 Å². The minimum atomic E-state index is -0.428. The minimum Gasteiger partial charge on any atom is -0.351 e. The average Bonchev–Trinajstić information content (AvgIpc) is 3.11. The van der Waals surface area contributed by atoms with Gasteiger partial charge in [-0.15, -0.1) is 0 Å². The molecule has 0 bridgehead atoms. The number of rotatable bonds is 3. The number of aromatic nitrogens is 4. The molecule has 3 heterocycles. The Morgan fingerprint density at radius 1 is 1.21 bits per heavy atom. The highest BCUT2D eigenvalue weighted by Crippen LogP contribution is 2.32. The van der Waals surface area contributed by atoms with Crippen molar-refractivity contribution in [2.75, 3.05) is 18.0 Å². The van der Waals surface area contributed by atoms with E-state index < -0.39 is 4.92 Å². The molecule has 2 aromatic rings. The average molecular weight is 260 g/mol. The quantitative estimate of drug-likeness (QED) is 0.607. The minimum absolute atomic E-state index is 0.0672. The molecule has 1 aliphatic rings. The van der Waals surface area contributed by atoms with Gasteiger partial charge < -0.3 is 4.90 Å². The van der Waals surface area contributed by atoms with Gasteiger partial charge in [0.25, 0.3) is 0 Å². The van der Waals surface area contributed by atoms with Crippen LogP contribution >= 0.6 is 0 Å². The zero-order chi connectivity index (χ0) is 13.2. The van der Waals surface area contributed by atoms with Gasteiger partial charge in [0.15, 0.2) is 0 Å². The van der Waals surface area contributed by atoms with Crippen LogP contribution in [0.4, 0.5) is 11.5 Å². The molecular formula is C11H12N6O2. The molecule has 8 heteroatoms. The Morgan fingerprint density at radius 3 is 2.58 bits per heavy atom. The summed E-state index contributed by atoms with van der Waals surface area (Å²) in [6, 6.07) is 0. The highest BCUT2D eigenvalue weighted by Gasteiger charge is 2.29. The summed E-state index contributed by atoms with van der Waals surface area (Å²) in [5.74, 6) is 0.639. The molecule has 98 valence electrons. The Kier molecular flexibility index (Phi) is 2.82. The van der Waals surface area contributed by atoms with E-state index in [-0.39, 0.29) is 11.5 Å². The lowest BCUT2D eigenvalue weighted by molar-refractivity contribution is -0.384. The fourth-order valence-electron chi connectivity index (χ4n) is 2.26. The Labute approximate surface area is 108 Å². The first-order valence-electron chi connectivity index (χ1n) is 6.00. The number of hydrogen-bond acceptors (Lipinski definition) is 6. The van der Waals surface area contributed by atoms with Crippen molar-refractivity contribution in [3.05, 3.63) is 35.2 Å². The van der Waals surface area contributed by atoms with E-state index in [1.807, 2.05) is 4.90 Å². The van der Waals surface area contributed by atoms with Crippen molar-refractivity contribution in [3.63, 3.8) is 0 Å². The molecule has 8 nitrogen and oxygen atoms in total. The van der Waals surface area contributed by atoms with Crippen LogP contribution in [0, 0.1) is 10.1 Å². The lowest BCUT2D eigenvalue weighted by Crippen LogP contribution is -2.21. The third kappa shape index (κ3) is 2.01. The van der Waals surface area contributed by atoms with Crippen LogP contribution in [0.5, 0.6) is 0 Å². The summed E-state index contributed by atoms with van der Waals surface area (Å²) in [6.07, 6.45) is 8.09. The molecule has 19 heavy (non-hydrogen) atoms. The predicted molar refractivity (Wildman–Crippen MR) is 67.3 cm³/mol. The van der Waals surface area contributed by atoms with E-state index >= 15 is 0 Å². The normalized spacial score (nSPS) is 14.8.